The molecule has 0 amide bonds. The Labute approximate surface area is 135 Å². The molecule has 0 aliphatic heterocycles. The Morgan fingerprint density at radius 1 is 0.909 bits per heavy atom. The molecule has 0 N–H and O–H groups in total. The summed E-state index contributed by atoms with van der Waals surface area (Å²) < 4.78 is 37.9. The van der Waals surface area contributed by atoms with Gasteiger partial charge in [0.2, 0.25) is 0 Å². The number of benzene rings is 2. The van der Waals surface area contributed by atoms with Gasteiger partial charge in [0.25, 0.3) is 0 Å². The van der Waals surface area contributed by atoms with Gasteiger partial charge in [-0.05, 0) is 30.7 Å². The van der Waals surface area contributed by atoms with Gasteiger partial charge in [0, 0.05) is 13.1 Å². The summed E-state index contributed by atoms with van der Waals surface area (Å²) in [5.74, 6) is 0. The third-order valence-electron chi connectivity index (χ3n) is 3.33. The maximum atomic E-state index is 12.6. The molecule has 5 heteroatoms. The molecule has 0 aliphatic rings. The monoisotopic (exact) mass is 329 g/mol. The van der Waals surface area contributed by atoms with Crippen LogP contribution >= 0.6 is 12.4 Å². The molecule has 1 nitrogen and oxygen atoms in total. The molecule has 2 rings (SSSR count). The summed E-state index contributed by atoms with van der Waals surface area (Å²) in [5.41, 5.74) is 1.33. The molecule has 22 heavy (non-hydrogen) atoms. The Kier molecular flexibility index (Phi) is 6.91. The molecule has 0 saturated heterocycles. The topological polar surface area (TPSA) is 3.24 Å². The Bertz CT molecular complexity index is 570. The van der Waals surface area contributed by atoms with E-state index in [9.17, 15) is 13.2 Å². The van der Waals surface area contributed by atoms with Crippen LogP contribution in [0.5, 0.6) is 0 Å². The van der Waals surface area contributed by atoms with E-state index in [1.807, 2.05) is 37.4 Å². The smallest absolute Gasteiger partial charge is 0.302 e. The lowest BCUT2D eigenvalue weighted by Crippen LogP contribution is -2.20. The number of alkyl halides is 3. The predicted octanol–water partition coefficient (Wildman–Crippen LogP) is 4.80. The number of nitrogens with zero attached hydrogens (tertiary/aromatic N) is 1. The van der Waals surface area contributed by atoms with Crippen LogP contribution in [0.3, 0.4) is 0 Å². The van der Waals surface area contributed by atoms with Crippen molar-refractivity contribution in [2.75, 3.05) is 13.6 Å². The second-order valence-electron chi connectivity index (χ2n) is 5.17. The lowest BCUT2D eigenvalue weighted by Gasteiger charge is -2.17. The van der Waals surface area contributed by atoms with Crippen molar-refractivity contribution in [1.29, 1.82) is 0 Å². The van der Waals surface area contributed by atoms with Crippen LogP contribution in [0, 0.1) is 0 Å². The Morgan fingerprint density at radius 2 is 1.55 bits per heavy atom. The van der Waals surface area contributed by atoms with Crippen LogP contribution < -0.4 is 0 Å². The minimum atomic E-state index is -4.27. The van der Waals surface area contributed by atoms with Crippen LogP contribution in [0.4, 0.5) is 13.2 Å². The van der Waals surface area contributed by atoms with E-state index in [0.717, 1.165) is 19.2 Å². The molecule has 0 bridgehead atoms. The fraction of sp³-hybridized carbons (Fsp3) is 0.294. The van der Waals surface area contributed by atoms with Gasteiger partial charge in [0.15, 0.2) is 0 Å². The van der Waals surface area contributed by atoms with Crippen molar-refractivity contribution in [2.45, 2.75) is 19.1 Å². The summed E-state index contributed by atoms with van der Waals surface area (Å²) in [6, 6.07) is 15.6. The summed E-state index contributed by atoms with van der Waals surface area (Å²) >= 11 is 0. The standard InChI is InChI=1S/C17H18F3N.ClH/c1-21(13-15-6-3-2-4-7-15)11-10-14-8-5-9-16(12-14)17(18,19)20;/h2-9,12H,10-11,13H2,1H3;1H. The first-order valence-electron chi connectivity index (χ1n) is 6.84. The highest BCUT2D eigenvalue weighted by molar-refractivity contribution is 5.85. The Balaban J connectivity index is 0.00000242. The van der Waals surface area contributed by atoms with Crippen LogP contribution in [-0.4, -0.2) is 18.5 Å². The van der Waals surface area contributed by atoms with Crippen LogP contribution in [0.2, 0.25) is 0 Å². The van der Waals surface area contributed by atoms with Gasteiger partial charge < -0.3 is 4.90 Å². The summed E-state index contributed by atoms with van der Waals surface area (Å²) in [4.78, 5) is 2.11. The molecular formula is C17H19ClF3N. The van der Waals surface area contributed by atoms with Crippen molar-refractivity contribution in [1.82, 2.24) is 4.90 Å². The van der Waals surface area contributed by atoms with Gasteiger partial charge in [-0.1, -0.05) is 48.5 Å². The second kappa shape index (κ2) is 8.20. The number of hydrogen-bond donors (Lipinski definition) is 0. The number of likely N-dealkylation sites (N-methyl/N-ethyl adjacent to an activating group) is 1. The number of rotatable bonds is 5. The molecule has 2 aromatic carbocycles. The van der Waals surface area contributed by atoms with E-state index < -0.39 is 11.7 Å². The van der Waals surface area contributed by atoms with Crippen molar-refractivity contribution in [3.63, 3.8) is 0 Å². The zero-order chi connectivity index (χ0) is 15.3. The van der Waals surface area contributed by atoms with Crippen LogP contribution in [0.15, 0.2) is 54.6 Å². The SMILES string of the molecule is CN(CCc1cccc(C(F)(F)F)c1)Cc1ccccc1.Cl. The first-order valence-corrected chi connectivity index (χ1v) is 6.84. The molecule has 0 heterocycles. The number of hydrogen-bond acceptors (Lipinski definition) is 1. The van der Waals surface area contributed by atoms with E-state index in [4.69, 9.17) is 0 Å². The van der Waals surface area contributed by atoms with Crippen LogP contribution in [-0.2, 0) is 19.1 Å². The fourth-order valence-electron chi connectivity index (χ4n) is 2.20. The van der Waals surface area contributed by atoms with Gasteiger partial charge in [0.1, 0.15) is 0 Å². The van der Waals surface area contributed by atoms with E-state index in [0.29, 0.717) is 12.0 Å². The van der Waals surface area contributed by atoms with Crippen molar-refractivity contribution in [2.24, 2.45) is 0 Å². The molecule has 0 radical (unpaired) electrons. The summed E-state index contributed by atoms with van der Waals surface area (Å²) in [6.07, 6.45) is -3.67. The largest absolute Gasteiger partial charge is 0.416 e. The predicted molar refractivity (Wildman–Crippen MR) is 85.2 cm³/mol. The molecule has 2 aromatic rings. The molecule has 0 aliphatic carbocycles. The fourth-order valence-corrected chi connectivity index (χ4v) is 2.20. The van der Waals surface area contributed by atoms with Gasteiger partial charge in [-0.3, -0.25) is 0 Å². The molecule has 0 fully saturated rings. The maximum absolute atomic E-state index is 12.6. The summed E-state index contributed by atoms with van der Waals surface area (Å²) in [7, 11) is 1.97. The molecular weight excluding hydrogens is 311 g/mol. The first kappa shape index (κ1) is 18.5. The maximum Gasteiger partial charge on any atom is 0.416 e. The highest BCUT2D eigenvalue weighted by atomic mass is 35.5. The number of halogens is 4. The highest BCUT2D eigenvalue weighted by Crippen LogP contribution is 2.29. The van der Waals surface area contributed by atoms with E-state index in [1.165, 1.54) is 17.7 Å². The molecule has 0 saturated carbocycles. The van der Waals surface area contributed by atoms with E-state index in [1.54, 1.807) is 6.07 Å². The minimum Gasteiger partial charge on any atom is -0.302 e. The minimum absolute atomic E-state index is 0. The van der Waals surface area contributed by atoms with E-state index in [2.05, 4.69) is 4.90 Å². The lowest BCUT2D eigenvalue weighted by atomic mass is 10.1. The second-order valence-corrected chi connectivity index (χ2v) is 5.17. The Hall–Kier alpha value is -1.52. The zero-order valence-electron chi connectivity index (χ0n) is 12.3. The zero-order valence-corrected chi connectivity index (χ0v) is 13.1. The van der Waals surface area contributed by atoms with Crippen molar-refractivity contribution < 1.29 is 13.2 Å². The third-order valence-corrected chi connectivity index (χ3v) is 3.33. The van der Waals surface area contributed by atoms with Gasteiger partial charge >= 0.3 is 6.18 Å². The van der Waals surface area contributed by atoms with Gasteiger partial charge in [-0.15, -0.1) is 12.4 Å². The molecule has 0 unspecified atom stereocenters. The highest BCUT2D eigenvalue weighted by Gasteiger charge is 2.30. The van der Waals surface area contributed by atoms with Gasteiger partial charge in [-0.2, -0.15) is 13.2 Å². The van der Waals surface area contributed by atoms with Gasteiger partial charge in [-0.25, -0.2) is 0 Å². The molecule has 0 spiro atoms. The van der Waals surface area contributed by atoms with Crippen molar-refractivity contribution in [3.8, 4) is 0 Å². The summed E-state index contributed by atoms with van der Waals surface area (Å²) in [6.45, 7) is 1.51. The van der Waals surface area contributed by atoms with E-state index >= 15 is 0 Å². The average molecular weight is 330 g/mol. The molecule has 0 atom stereocenters. The molecule has 120 valence electrons. The summed E-state index contributed by atoms with van der Waals surface area (Å²) in [5, 5.41) is 0. The quantitative estimate of drug-likeness (QED) is 0.761. The van der Waals surface area contributed by atoms with Crippen LogP contribution in [0.1, 0.15) is 16.7 Å². The Morgan fingerprint density at radius 3 is 2.18 bits per heavy atom. The van der Waals surface area contributed by atoms with Crippen molar-refractivity contribution >= 4 is 12.4 Å². The first-order chi connectivity index (χ1) is 9.95. The normalized spacial score (nSPS) is 11.3. The van der Waals surface area contributed by atoms with Crippen molar-refractivity contribution in [3.05, 3.63) is 71.3 Å². The average Bonchev–Trinajstić information content (AvgIpc) is 2.46. The van der Waals surface area contributed by atoms with Crippen LogP contribution in [0.25, 0.3) is 0 Å². The van der Waals surface area contributed by atoms with E-state index in [-0.39, 0.29) is 12.4 Å². The molecule has 0 aromatic heterocycles. The van der Waals surface area contributed by atoms with Gasteiger partial charge in [0.05, 0.1) is 5.56 Å². The third kappa shape index (κ3) is 5.70. The lowest BCUT2D eigenvalue weighted by molar-refractivity contribution is -0.137.